The molecule has 0 aromatic heterocycles. The first-order valence-electron chi connectivity index (χ1n) is 9.51. The minimum atomic E-state index is -0.993. The molecule has 0 saturated heterocycles. The van der Waals surface area contributed by atoms with Crippen LogP contribution in [0.1, 0.15) is 17.5 Å². The maximum atomic E-state index is 12.7. The van der Waals surface area contributed by atoms with E-state index in [1.165, 1.54) is 0 Å². The summed E-state index contributed by atoms with van der Waals surface area (Å²) >= 11 is -0.993. The van der Waals surface area contributed by atoms with Crippen LogP contribution >= 0.6 is 0 Å². The first-order valence-corrected chi connectivity index (χ1v) is 11.2. The molecule has 0 saturated carbocycles. The number of hydrogen-bond acceptors (Lipinski definition) is 5. The SMILES string of the molecule is CNC(CC[S+](C)[O-])C(=O)NC(Cc1ccccc1)C(=O)OCc1ccccc1. The second-order valence-corrected chi connectivity index (χ2v) is 8.31. The first kappa shape index (κ1) is 22.9. The molecule has 2 N–H and O–H groups in total. The van der Waals surface area contributed by atoms with Gasteiger partial charge in [0.25, 0.3) is 0 Å². The Labute approximate surface area is 175 Å². The summed E-state index contributed by atoms with van der Waals surface area (Å²) in [6.45, 7) is 0.144. The van der Waals surface area contributed by atoms with Crippen molar-refractivity contribution >= 4 is 23.1 Å². The number of hydrogen-bond donors (Lipinski definition) is 2. The predicted octanol–water partition coefficient (Wildman–Crippen LogP) is 1.81. The molecular weight excluding hydrogens is 388 g/mol. The van der Waals surface area contributed by atoms with E-state index in [9.17, 15) is 14.1 Å². The molecule has 29 heavy (non-hydrogen) atoms. The number of esters is 1. The van der Waals surface area contributed by atoms with Gasteiger partial charge in [0.1, 0.15) is 18.4 Å². The van der Waals surface area contributed by atoms with Crippen molar-refractivity contribution in [1.82, 2.24) is 10.6 Å². The van der Waals surface area contributed by atoms with Gasteiger partial charge in [0.15, 0.2) is 0 Å². The summed E-state index contributed by atoms with van der Waals surface area (Å²) in [4.78, 5) is 25.4. The highest BCUT2D eigenvalue weighted by atomic mass is 32.2. The fraction of sp³-hybridized carbons (Fsp3) is 0.364. The van der Waals surface area contributed by atoms with Crippen molar-refractivity contribution in [2.45, 2.75) is 31.5 Å². The number of benzene rings is 2. The third-order valence-electron chi connectivity index (χ3n) is 4.47. The summed E-state index contributed by atoms with van der Waals surface area (Å²) in [6, 6.07) is 17.5. The Hall–Kier alpha value is -2.35. The Balaban J connectivity index is 2.05. The molecular formula is C22H28N2O4S. The smallest absolute Gasteiger partial charge is 0.329 e. The Morgan fingerprint density at radius 2 is 1.59 bits per heavy atom. The molecule has 0 fully saturated rings. The molecule has 0 radical (unpaired) electrons. The van der Waals surface area contributed by atoms with Crippen molar-refractivity contribution < 1.29 is 18.9 Å². The maximum Gasteiger partial charge on any atom is 0.329 e. The number of rotatable bonds is 11. The molecule has 3 unspecified atom stereocenters. The Bertz CT molecular complexity index is 756. The third kappa shape index (κ3) is 8.27. The van der Waals surface area contributed by atoms with E-state index < -0.39 is 29.2 Å². The number of likely N-dealkylation sites (N-methyl/N-ethyl adjacent to an activating group) is 1. The van der Waals surface area contributed by atoms with E-state index in [1.54, 1.807) is 13.3 Å². The fourth-order valence-corrected chi connectivity index (χ4v) is 3.40. The van der Waals surface area contributed by atoms with Crippen molar-refractivity contribution in [2.75, 3.05) is 19.1 Å². The third-order valence-corrected chi connectivity index (χ3v) is 5.28. The lowest BCUT2D eigenvalue weighted by molar-refractivity contribution is -0.149. The quantitative estimate of drug-likeness (QED) is 0.431. The molecule has 156 valence electrons. The lowest BCUT2D eigenvalue weighted by Crippen LogP contribution is -2.51. The van der Waals surface area contributed by atoms with Gasteiger partial charge in [-0.25, -0.2) is 4.79 Å². The second kappa shape index (κ2) is 12.3. The zero-order valence-electron chi connectivity index (χ0n) is 16.8. The first-order chi connectivity index (χ1) is 14.0. The highest BCUT2D eigenvalue weighted by molar-refractivity contribution is 7.90. The summed E-state index contributed by atoms with van der Waals surface area (Å²) in [7, 11) is 1.67. The summed E-state index contributed by atoms with van der Waals surface area (Å²) in [5.74, 6) is -0.392. The van der Waals surface area contributed by atoms with Crippen LogP contribution in [0.3, 0.4) is 0 Å². The average molecular weight is 417 g/mol. The minimum Gasteiger partial charge on any atom is -0.617 e. The van der Waals surface area contributed by atoms with Gasteiger partial charge < -0.3 is 19.9 Å². The van der Waals surface area contributed by atoms with Crippen molar-refractivity contribution in [3.05, 3.63) is 71.8 Å². The van der Waals surface area contributed by atoms with Crippen LogP contribution < -0.4 is 10.6 Å². The zero-order valence-corrected chi connectivity index (χ0v) is 17.6. The summed E-state index contributed by atoms with van der Waals surface area (Å²) < 4.78 is 16.8. The van der Waals surface area contributed by atoms with Crippen molar-refractivity contribution in [1.29, 1.82) is 0 Å². The van der Waals surface area contributed by atoms with E-state index in [0.29, 0.717) is 18.6 Å². The van der Waals surface area contributed by atoms with E-state index in [-0.39, 0.29) is 12.5 Å². The fourth-order valence-electron chi connectivity index (χ4n) is 2.84. The lowest BCUT2D eigenvalue weighted by Gasteiger charge is -2.22. The molecule has 3 atom stereocenters. The van der Waals surface area contributed by atoms with E-state index in [1.807, 2.05) is 60.7 Å². The van der Waals surface area contributed by atoms with Crippen molar-refractivity contribution in [2.24, 2.45) is 0 Å². The van der Waals surface area contributed by atoms with Gasteiger partial charge in [-0.15, -0.1) is 0 Å². The van der Waals surface area contributed by atoms with E-state index in [2.05, 4.69) is 10.6 Å². The molecule has 2 aromatic rings. The van der Waals surface area contributed by atoms with E-state index in [4.69, 9.17) is 4.74 Å². The Morgan fingerprint density at radius 3 is 2.14 bits per heavy atom. The molecule has 0 spiro atoms. The van der Waals surface area contributed by atoms with Gasteiger partial charge >= 0.3 is 5.97 Å². The Morgan fingerprint density at radius 1 is 1.00 bits per heavy atom. The molecule has 0 aliphatic rings. The van der Waals surface area contributed by atoms with E-state index in [0.717, 1.165) is 11.1 Å². The lowest BCUT2D eigenvalue weighted by atomic mass is 10.1. The number of carbonyl (C=O) groups is 2. The predicted molar refractivity (Wildman–Crippen MR) is 115 cm³/mol. The van der Waals surface area contributed by atoms with Gasteiger partial charge in [-0.2, -0.15) is 0 Å². The molecule has 2 rings (SSSR count). The minimum absolute atomic E-state index is 0.144. The van der Waals surface area contributed by atoms with Gasteiger partial charge in [-0.1, -0.05) is 71.8 Å². The standard InChI is InChI=1S/C22H28N2O4S/c1-23-19(13-14-29(2)27)21(25)24-20(15-17-9-5-3-6-10-17)22(26)28-16-18-11-7-4-8-12-18/h3-12,19-20,23H,13-16H2,1-2H3,(H,24,25). The van der Waals surface area contributed by atoms with Crippen LogP contribution in [0.2, 0.25) is 0 Å². The van der Waals surface area contributed by atoms with Gasteiger partial charge in [0, 0.05) is 12.8 Å². The summed E-state index contributed by atoms with van der Waals surface area (Å²) in [6.07, 6.45) is 2.35. The topological polar surface area (TPSA) is 90.5 Å². The Kier molecular flexibility index (Phi) is 9.70. The highest BCUT2D eigenvalue weighted by Gasteiger charge is 2.27. The summed E-state index contributed by atoms with van der Waals surface area (Å²) in [5.41, 5.74) is 1.80. The monoisotopic (exact) mass is 416 g/mol. The number of ether oxygens (including phenoxy) is 1. The molecule has 0 aliphatic heterocycles. The van der Waals surface area contributed by atoms with Crippen LogP contribution in [0.15, 0.2) is 60.7 Å². The molecule has 6 nitrogen and oxygen atoms in total. The maximum absolute atomic E-state index is 12.7. The van der Waals surface area contributed by atoms with Crippen LogP contribution in [0, 0.1) is 0 Å². The molecule has 0 aliphatic carbocycles. The van der Waals surface area contributed by atoms with Gasteiger partial charge in [-0.05, 0) is 18.2 Å². The molecule has 7 heteroatoms. The zero-order chi connectivity index (χ0) is 21.1. The average Bonchev–Trinajstić information content (AvgIpc) is 2.73. The summed E-state index contributed by atoms with van der Waals surface area (Å²) in [5, 5.41) is 5.73. The number of amides is 1. The number of nitrogens with one attached hydrogen (secondary N) is 2. The van der Waals surface area contributed by atoms with Gasteiger partial charge in [0.2, 0.25) is 5.91 Å². The molecule has 0 heterocycles. The normalized spacial score (nSPS) is 13.9. The van der Waals surface area contributed by atoms with Crippen LogP contribution in [0.4, 0.5) is 0 Å². The van der Waals surface area contributed by atoms with Crippen LogP contribution in [-0.2, 0) is 38.5 Å². The highest BCUT2D eigenvalue weighted by Crippen LogP contribution is 2.08. The number of carbonyl (C=O) groups excluding carboxylic acids is 2. The second-order valence-electron chi connectivity index (χ2n) is 6.75. The largest absolute Gasteiger partial charge is 0.617 e. The van der Waals surface area contributed by atoms with Gasteiger partial charge in [0.05, 0.1) is 12.3 Å². The molecule has 0 bridgehead atoms. The van der Waals surface area contributed by atoms with Crippen molar-refractivity contribution in [3.8, 4) is 0 Å². The van der Waals surface area contributed by atoms with E-state index >= 15 is 0 Å². The van der Waals surface area contributed by atoms with Crippen LogP contribution in [0.25, 0.3) is 0 Å². The molecule has 2 aromatic carbocycles. The van der Waals surface area contributed by atoms with Crippen molar-refractivity contribution in [3.63, 3.8) is 0 Å². The molecule has 1 amide bonds. The van der Waals surface area contributed by atoms with Crippen LogP contribution in [-0.4, -0.2) is 47.6 Å². The van der Waals surface area contributed by atoms with Crippen LogP contribution in [0.5, 0.6) is 0 Å². The van der Waals surface area contributed by atoms with Gasteiger partial charge in [-0.3, -0.25) is 4.79 Å².